The van der Waals surface area contributed by atoms with Crippen LogP contribution >= 0.6 is 11.6 Å². The third kappa shape index (κ3) is 7.83. The molecule has 39 heavy (non-hydrogen) atoms. The first kappa shape index (κ1) is 30.2. The van der Waals surface area contributed by atoms with E-state index in [-0.39, 0.29) is 23.4 Å². The van der Waals surface area contributed by atoms with Crippen LogP contribution in [0.25, 0.3) is 0 Å². The molecule has 7 nitrogen and oxygen atoms in total. The minimum absolute atomic E-state index is 0.0703. The molecule has 0 radical (unpaired) electrons. The molecular weight excluding hydrogens is 534 g/mol. The van der Waals surface area contributed by atoms with Crippen molar-refractivity contribution in [1.82, 2.24) is 10.2 Å². The van der Waals surface area contributed by atoms with Gasteiger partial charge in [-0.05, 0) is 87.2 Å². The summed E-state index contributed by atoms with van der Waals surface area (Å²) < 4.78 is 28.8. The van der Waals surface area contributed by atoms with Gasteiger partial charge in [-0.15, -0.1) is 0 Å². The SMILES string of the molecule is CCC(C)NC(=O)C(C)N(Cc1cccc(Cl)c1)C(=O)CN(c1cc(C)cc(C)c1)S(=O)(=O)c1ccccc1. The van der Waals surface area contributed by atoms with E-state index in [9.17, 15) is 18.0 Å². The Morgan fingerprint density at radius 2 is 1.56 bits per heavy atom. The average Bonchev–Trinajstić information content (AvgIpc) is 2.89. The van der Waals surface area contributed by atoms with Crippen LogP contribution in [0, 0.1) is 13.8 Å². The van der Waals surface area contributed by atoms with Gasteiger partial charge in [0.15, 0.2) is 0 Å². The normalized spacial score (nSPS) is 12.9. The summed E-state index contributed by atoms with van der Waals surface area (Å²) in [5, 5.41) is 3.43. The Morgan fingerprint density at radius 1 is 0.923 bits per heavy atom. The first-order chi connectivity index (χ1) is 18.4. The molecule has 0 saturated carbocycles. The lowest BCUT2D eigenvalue weighted by molar-refractivity contribution is -0.139. The number of amides is 2. The number of anilines is 1. The Balaban J connectivity index is 2.05. The van der Waals surface area contributed by atoms with Gasteiger partial charge in [-0.1, -0.05) is 54.9 Å². The third-order valence-electron chi connectivity index (χ3n) is 6.51. The summed E-state index contributed by atoms with van der Waals surface area (Å²) in [6, 6.07) is 19.5. The quantitative estimate of drug-likeness (QED) is 0.331. The Kier molecular flexibility index (Phi) is 10.2. The number of hydrogen-bond donors (Lipinski definition) is 1. The minimum Gasteiger partial charge on any atom is -0.352 e. The fourth-order valence-electron chi connectivity index (χ4n) is 4.22. The Bertz CT molecular complexity index is 1390. The molecule has 0 aliphatic heterocycles. The summed E-state index contributed by atoms with van der Waals surface area (Å²) in [6.45, 7) is 8.84. The third-order valence-corrected chi connectivity index (χ3v) is 8.54. The predicted octanol–water partition coefficient (Wildman–Crippen LogP) is 5.48. The van der Waals surface area contributed by atoms with E-state index in [0.717, 1.165) is 27.4 Å². The first-order valence-corrected chi connectivity index (χ1v) is 14.7. The summed E-state index contributed by atoms with van der Waals surface area (Å²) in [5.41, 5.74) is 2.83. The van der Waals surface area contributed by atoms with Gasteiger partial charge >= 0.3 is 0 Å². The highest BCUT2D eigenvalue weighted by Gasteiger charge is 2.33. The van der Waals surface area contributed by atoms with Crippen LogP contribution in [0.5, 0.6) is 0 Å². The summed E-state index contributed by atoms with van der Waals surface area (Å²) >= 11 is 6.19. The number of nitrogens with one attached hydrogen (secondary N) is 1. The summed E-state index contributed by atoms with van der Waals surface area (Å²) in [5.74, 6) is -0.830. The molecule has 0 aromatic heterocycles. The van der Waals surface area contributed by atoms with Crippen LogP contribution in [0.1, 0.15) is 43.9 Å². The molecule has 0 heterocycles. The van der Waals surface area contributed by atoms with Crippen LogP contribution in [0.2, 0.25) is 5.02 Å². The molecule has 9 heteroatoms. The number of rotatable bonds is 11. The van der Waals surface area contributed by atoms with E-state index in [4.69, 9.17) is 11.6 Å². The maximum absolute atomic E-state index is 14.0. The second-order valence-corrected chi connectivity index (χ2v) is 12.1. The van der Waals surface area contributed by atoms with Gasteiger partial charge in [-0.2, -0.15) is 0 Å². The average molecular weight is 570 g/mol. The van der Waals surface area contributed by atoms with Crippen LogP contribution in [-0.2, 0) is 26.2 Å². The summed E-state index contributed by atoms with van der Waals surface area (Å²) in [6.07, 6.45) is 0.733. The van der Waals surface area contributed by atoms with Gasteiger partial charge in [0, 0.05) is 17.6 Å². The van der Waals surface area contributed by atoms with E-state index >= 15 is 0 Å². The second kappa shape index (κ2) is 13.1. The zero-order chi connectivity index (χ0) is 28.7. The fraction of sp³-hybridized carbons (Fsp3) is 0.333. The first-order valence-electron chi connectivity index (χ1n) is 12.9. The molecule has 0 aliphatic rings. The van der Waals surface area contributed by atoms with Gasteiger partial charge in [-0.25, -0.2) is 8.42 Å². The Labute approximate surface area is 236 Å². The molecule has 3 rings (SSSR count). The molecule has 0 bridgehead atoms. The van der Waals surface area contributed by atoms with Crippen molar-refractivity contribution >= 4 is 39.1 Å². The van der Waals surface area contributed by atoms with Gasteiger partial charge in [0.05, 0.1) is 10.6 Å². The molecular formula is C30H36ClN3O4S. The van der Waals surface area contributed by atoms with Gasteiger partial charge in [0.25, 0.3) is 10.0 Å². The van der Waals surface area contributed by atoms with E-state index in [0.29, 0.717) is 10.7 Å². The van der Waals surface area contributed by atoms with Gasteiger partial charge in [0.2, 0.25) is 11.8 Å². The Morgan fingerprint density at radius 3 is 2.15 bits per heavy atom. The molecule has 208 valence electrons. The number of halogens is 1. The lowest BCUT2D eigenvalue weighted by atomic mass is 10.1. The predicted molar refractivity (Wildman–Crippen MR) is 156 cm³/mol. The van der Waals surface area contributed by atoms with Crippen LogP contribution in [0.15, 0.2) is 77.7 Å². The zero-order valence-electron chi connectivity index (χ0n) is 23.0. The van der Waals surface area contributed by atoms with E-state index in [1.165, 1.54) is 17.0 Å². The molecule has 2 unspecified atom stereocenters. The molecule has 3 aromatic carbocycles. The highest BCUT2D eigenvalue weighted by atomic mass is 35.5. The Hall–Kier alpha value is -3.36. The molecule has 1 N–H and O–H groups in total. The van der Waals surface area contributed by atoms with E-state index in [2.05, 4.69) is 5.32 Å². The van der Waals surface area contributed by atoms with Crippen molar-refractivity contribution in [2.75, 3.05) is 10.8 Å². The van der Waals surface area contributed by atoms with Crippen molar-refractivity contribution in [1.29, 1.82) is 0 Å². The monoisotopic (exact) mass is 569 g/mol. The van der Waals surface area contributed by atoms with Crippen molar-refractivity contribution in [2.45, 2.75) is 64.6 Å². The molecule has 3 aromatic rings. The smallest absolute Gasteiger partial charge is 0.264 e. The van der Waals surface area contributed by atoms with Crippen LogP contribution in [0.3, 0.4) is 0 Å². The molecule has 0 saturated heterocycles. The highest BCUT2D eigenvalue weighted by Crippen LogP contribution is 2.27. The van der Waals surface area contributed by atoms with E-state index < -0.39 is 28.5 Å². The van der Waals surface area contributed by atoms with Gasteiger partial charge < -0.3 is 10.2 Å². The van der Waals surface area contributed by atoms with Crippen molar-refractivity contribution in [3.8, 4) is 0 Å². The minimum atomic E-state index is -4.10. The second-order valence-electron chi connectivity index (χ2n) is 9.82. The summed E-state index contributed by atoms with van der Waals surface area (Å²) in [7, 11) is -4.10. The van der Waals surface area contributed by atoms with Crippen LogP contribution in [0.4, 0.5) is 5.69 Å². The van der Waals surface area contributed by atoms with Crippen molar-refractivity contribution < 1.29 is 18.0 Å². The van der Waals surface area contributed by atoms with Crippen LogP contribution < -0.4 is 9.62 Å². The van der Waals surface area contributed by atoms with Crippen LogP contribution in [-0.4, -0.2) is 43.8 Å². The molecule has 0 fully saturated rings. The van der Waals surface area contributed by atoms with Gasteiger partial charge in [-0.3, -0.25) is 13.9 Å². The molecule has 0 aliphatic carbocycles. The molecule has 2 amide bonds. The number of hydrogen-bond acceptors (Lipinski definition) is 4. The van der Waals surface area contributed by atoms with Crippen molar-refractivity contribution in [3.63, 3.8) is 0 Å². The number of aryl methyl sites for hydroxylation is 2. The molecule has 0 spiro atoms. The standard InChI is InChI=1S/C30H36ClN3O4S/c1-6-23(4)32-30(36)24(5)33(19-25-11-10-12-26(31)18-25)29(35)20-34(27-16-21(2)15-22(3)17-27)39(37,38)28-13-8-7-9-14-28/h7-18,23-24H,6,19-20H2,1-5H3,(H,32,36). The van der Waals surface area contributed by atoms with E-state index in [1.54, 1.807) is 55.5 Å². The van der Waals surface area contributed by atoms with E-state index in [1.807, 2.05) is 39.8 Å². The number of carbonyl (C=O) groups is 2. The van der Waals surface area contributed by atoms with Gasteiger partial charge in [0.1, 0.15) is 12.6 Å². The van der Waals surface area contributed by atoms with Crippen molar-refractivity contribution in [3.05, 3.63) is 94.5 Å². The lowest BCUT2D eigenvalue weighted by Gasteiger charge is -2.32. The number of nitrogens with zero attached hydrogens (tertiary/aromatic N) is 2. The summed E-state index contributed by atoms with van der Waals surface area (Å²) in [4.78, 5) is 28.6. The maximum Gasteiger partial charge on any atom is 0.264 e. The topological polar surface area (TPSA) is 86.8 Å². The lowest BCUT2D eigenvalue weighted by Crippen LogP contribution is -2.52. The molecule has 2 atom stereocenters. The van der Waals surface area contributed by atoms with Crippen molar-refractivity contribution in [2.24, 2.45) is 0 Å². The number of sulfonamides is 1. The number of carbonyl (C=O) groups excluding carboxylic acids is 2. The fourth-order valence-corrected chi connectivity index (χ4v) is 5.86. The highest BCUT2D eigenvalue weighted by molar-refractivity contribution is 7.92. The zero-order valence-corrected chi connectivity index (χ0v) is 24.6. The maximum atomic E-state index is 14.0. The largest absolute Gasteiger partial charge is 0.352 e. The number of benzene rings is 3.